The van der Waals surface area contributed by atoms with E-state index in [-0.39, 0.29) is 12.8 Å². The number of aliphatic hydroxyl groups is 1. The average molecular weight is 347 g/mol. The third-order valence-corrected chi connectivity index (χ3v) is 4.33. The highest BCUT2D eigenvalue weighted by Crippen LogP contribution is 2.44. The van der Waals surface area contributed by atoms with E-state index < -0.39 is 34.8 Å². The molecule has 0 saturated carbocycles. The molecule has 1 fully saturated rings. The fourth-order valence-electron chi connectivity index (χ4n) is 2.93. The molecule has 1 aromatic rings. The molecule has 1 saturated heterocycles. The van der Waals surface area contributed by atoms with Crippen molar-refractivity contribution in [3.8, 4) is 11.5 Å². The molecule has 2 aliphatic rings. The second kappa shape index (κ2) is 5.80. The predicted octanol–water partition coefficient (Wildman–Crippen LogP) is 1.39. The lowest BCUT2D eigenvalue weighted by molar-refractivity contribution is -0.144. The summed E-state index contributed by atoms with van der Waals surface area (Å²) in [6, 6.07) is 4.78. The van der Waals surface area contributed by atoms with Crippen LogP contribution in [0.4, 0.5) is 0 Å². The monoisotopic (exact) mass is 347 g/mol. The van der Waals surface area contributed by atoms with E-state index in [1.54, 1.807) is 18.2 Å². The maximum atomic E-state index is 12.7. The van der Waals surface area contributed by atoms with Gasteiger partial charge in [-0.2, -0.15) is 0 Å². The smallest absolute Gasteiger partial charge is 0.252 e. The van der Waals surface area contributed by atoms with Crippen LogP contribution in [0.2, 0.25) is 0 Å². The number of methoxy groups -OCH3 is 2. The lowest BCUT2D eigenvalue weighted by Crippen LogP contribution is -2.34. The summed E-state index contributed by atoms with van der Waals surface area (Å²) in [7, 11) is 2.89. The molecule has 0 spiro atoms. The van der Waals surface area contributed by atoms with Crippen LogP contribution in [0.5, 0.6) is 11.5 Å². The fourth-order valence-corrected chi connectivity index (χ4v) is 2.93. The van der Waals surface area contributed by atoms with Gasteiger partial charge in [-0.05, 0) is 25.1 Å². The Labute approximate surface area is 143 Å². The molecule has 3 rings (SSSR count). The molecule has 0 aliphatic carbocycles. The summed E-state index contributed by atoms with van der Waals surface area (Å²) in [5, 5.41) is 10.2. The van der Waals surface area contributed by atoms with Gasteiger partial charge in [0.1, 0.15) is 11.5 Å². The minimum Gasteiger partial charge on any atom is -0.501 e. The van der Waals surface area contributed by atoms with Crippen LogP contribution >= 0.6 is 0 Å². The van der Waals surface area contributed by atoms with Crippen molar-refractivity contribution in [1.29, 1.82) is 0 Å². The zero-order valence-electron chi connectivity index (χ0n) is 14.0. The summed E-state index contributed by atoms with van der Waals surface area (Å²) in [4.78, 5) is 37.2. The SMILES string of the molecule is COc1ccc(OC)c(C2(C)OC(N3C(=O)CCC3=O)=C(O)C2=O)c1. The van der Waals surface area contributed by atoms with Crippen molar-refractivity contribution in [2.75, 3.05) is 14.2 Å². The summed E-state index contributed by atoms with van der Waals surface area (Å²) in [6.45, 7) is 1.43. The summed E-state index contributed by atoms with van der Waals surface area (Å²) in [5.74, 6) is -2.25. The van der Waals surface area contributed by atoms with Gasteiger partial charge in [0.05, 0.1) is 14.2 Å². The van der Waals surface area contributed by atoms with Crippen LogP contribution in [0.15, 0.2) is 29.8 Å². The van der Waals surface area contributed by atoms with Crippen LogP contribution in [-0.4, -0.2) is 41.8 Å². The molecule has 1 aromatic carbocycles. The van der Waals surface area contributed by atoms with Crippen LogP contribution in [-0.2, 0) is 24.7 Å². The maximum absolute atomic E-state index is 12.7. The van der Waals surface area contributed by atoms with Crippen LogP contribution in [0.3, 0.4) is 0 Å². The Hall–Kier alpha value is -3.03. The Morgan fingerprint density at radius 2 is 1.76 bits per heavy atom. The number of rotatable bonds is 4. The zero-order chi connectivity index (χ0) is 18.4. The number of Topliss-reactive ketones (excluding diaryl/α,β-unsaturated/α-hetero) is 1. The number of nitrogens with zero attached hydrogens (tertiary/aromatic N) is 1. The minimum atomic E-state index is -1.66. The first-order valence-electron chi connectivity index (χ1n) is 7.58. The highest BCUT2D eigenvalue weighted by molar-refractivity contribution is 6.08. The van der Waals surface area contributed by atoms with E-state index in [9.17, 15) is 19.5 Å². The number of ketones is 1. The van der Waals surface area contributed by atoms with Gasteiger partial charge in [-0.3, -0.25) is 14.4 Å². The maximum Gasteiger partial charge on any atom is 0.252 e. The summed E-state index contributed by atoms with van der Waals surface area (Å²) in [5.41, 5.74) is -1.36. The van der Waals surface area contributed by atoms with Crippen molar-refractivity contribution in [1.82, 2.24) is 4.90 Å². The standard InChI is InChI=1S/C17H17NO7/c1-17(10-8-9(23-2)4-5-11(10)24-3)15(22)14(21)16(25-17)18-12(19)6-7-13(18)20/h4-5,8,21H,6-7H2,1-3H3. The van der Waals surface area contributed by atoms with E-state index in [0.717, 1.165) is 0 Å². The van der Waals surface area contributed by atoms with E-state index in [1.807, 2.05) is 0 Å². The van der Waals surface area contributed by atoms with Crippen LogP contribution in [0, 0.1) is 0 Å². The van der Waals surface area contributed by atoms with E-state index in [0.29, 0.717) is 22.0 Å². The number of hydrogen-bond donors (Lipinski definition) is 1. The zero-order valence-corrected chi connectivity index (χ0v) is 14.0. The molecule has 8 nitrogen and oxygen atoms in total. The molecule has 25 heavy (non-hydrogen) atoms. The summed E-state index contributed by atoms with van der Waals surface area (Å²) in [6.07, 6.45) is 0.0126. The second-order valence-corrected chi connectivity index (χ2v) is 5.81. The summed E-state index contributed by atoms with van der Waals surface area (Å²) >= 11 is 0. The topological polar surface area (TPSA) is 102 Å². The average Bonchev–Trinajstić information content (AvgIpc) is 3.06. The molecular weight excluding hydrogens is 330 g/mol. The van der Waals surface area contributed by atoms with E-state index in [4.69, 9.17) is 14.2 Å². The van der Waals surface area contributed by atoms with Crippen molar-refractivity contribution in [3.63, 3.8) is 0 Å². The molecular formula is C17H17NO7. The minimum absolute atomic E-state index is 0.00631. The Morgan fingerprint density at radius 3 is 2.32 bits per heavy atom. The van der Waals surface area contributed by atoms with E-state index >= 15 is 0 Å². The summed E-state index contributed by atoms with van der Waals surface area (Å²) < 4.78 is 16.1. The number of likely N-dealkylation sites (tertiary alicyclic amines) is 1. The molecule has 2 heterocycles. The van der Waals surface area contributed by atoms with Crippen LogP contribution < -0.4 is 9.47 Å². The van der Waals surface area contributed by atoms with Gasteiger partial charge < -0.3 is 19.3 Å². The molecule has 132 valence electrons. The van der Waals surface area contributed by atoms with Crippen molar-refractivity contribution < 1.29 is 33.7 Å². The molecule has 0 bridgehead atoms. The molecule has 0 radical (unpaired) electrons. The molecule has 2 aliphatic heterocycles. The first-order valence-corrected chi connectivity index (χ1v) is 7.58. The molecule has 1 unspecified atom stereocenters. The Balaban J connectivity index is 2.07. The van der Waals surface area contributed by atoms with E-state index in [2.05, 4.69) is 0 Å². The number of aliphatic hydroxyl groups excluding tert-OH is 1. The number of amides is 2. The first kappa shape index (κ1) is 16.8. The number of imide groups is 1. The third kappa shape index (κ3) is 2.41. The lowest BCUT2D eigenvalue weighted by atomic mass is 9.90. The number of benzene rings is 1. The van der Waals surface area contributed by atoms with Gasteiger partial charge in [-0.1, -0.05) is 0 Å². The third-order valence-electron chi connectivity index (χ3n) is 4.33. The normalized spacial score (nSPS) is 23.3. The predicted molar refractivity (Wildman–Crippen MR) is 83.7 cm³/mol. The van der Waals surface area contributed by atoms with Crippen molar-refractivity contribution in [2.45, 2.75) is 25.4 Å². The fraction of sp³-hybridized carbons (Fsp3) is 0.353. The number of carbonyl (C=O) groups excluding carboxylic acids is 3. The van der Waals surface area contributed by atoms with Gasteiger partial charge in [0.2, 0.25) is 23.2 Å². The second-order valence-electron chi connectivity index (χ2n) is 5.81. The van der Waals surface area contributed by atoms with Crippen LogP contribution in [0.25, 0.3) is 0 Å². The van der Waals surface area contributed by atoms with Gasteiger partial charge in [0, 0.05) is 18.4 Å². The number of hydrogen-bond acceptors (Lipinski definition) is 7. The van der Waals surface area contributed by atoms with Crippen molar-refractivity contribution in [2.24, 2.45) is 0 Å². The number of carbonyl (C=O) groups is 3. The highest BCUT2D eigenvalue weighted by Gasteiger charge is 2.53. The van der Waals surface area contributed by atoms with Gasteiger partial charge in [0.15, 0.2) is 0 Å². The van der Waals surface area contributed by atoms with Crippen molar-refractivity contribution >= 4 is 17.6 Å². The molecule has 8 heteroatoms. The molecule has 1 atom stereocenters. The quantitative estimate of drug-likeness (QED) is 0.821. The van der Waals surface area contributed by atoms with Gasteiger partial charge in [-0.25, -0.2) is 4.90 Å². The largest absolute Gasteiger partial charge is 0.501 e. The molecule has 1 N–H and O–H groups in total. The van der Waals surface area contributed by atoms with E-state index in [1.165, 1.54) is 21.1 Å². The van der Waals surface area contributed by atoms with Gasteiger partial charge >= 0.3 is 0 Å². The molecule has 0 aromatic heterocycles. The van der Waals surface area contributed by atoms with Gasteiger partial charge in [0.25, 0.3) is 11.7 Å². The van der Waals surface area contributed by atoms with Gasteiger partial charge in [-0.15, -0.1) is 0 Å². The lowest BCUT2D eigenvalue weighted by Gasteiger charge is -2.27. The van der Waals surface area contributed by atoms with Crippen LogP contribution in [0.1, 0.15) is 25.3 Å². The molecule has 2 amide bonds. The first-order chi connectivity index (χ1) is 11.8. The van der Waals surface area contributed by atoms with Crippen molar-refractivity contribution in [3.05, 3.63) is 35.4 Å². The number of ether oxygens (including phenoxy) is 3. The Morgan fingerprint density at radius 1 is 1.12 bits per heavy atom. The Kier molecular flexibility index (Phi) is 3.90. The Bertz CT molecular complexity index is 797. The highest BCUT2D eigenvalue weighted by atomic mass is 16.5.